The molecule has 6 nitrogen and oxygen atoms in total. The maximum Gasteiger partial charge on any atom is 0.191 e. The lowest BCUT2D eigenvalue weighted by Crippen LogP contribution is -2.44. The lowest BCUT2D eigenvalue weighted by atomic mass is 9.85. The number of guanidine groups is 1. The topological polar surface area (TPSA) is 90.8 Å². The smallest absolute Gasteiger partial charge is 0.191 e. The Kier molecular flexibility index (Phi) is 10.7. The summed E-state index contributed by atoms with van der Waals surface area (Å²) in [6.07, 6.45) is 6.69. The molecule has 0 spiro atoms. The summed E-state index contributed by atoms with van der Waals surface area (Å²) in [7, 11) is -2.95. The molecule has 1 unspecified atom stereocenters. The molecule has 0 aromatic heterocycles. The van der Waals surface area contributed by atoms with Gasteiger partial charge in [0.25, 0.3) is 0 Å². The lowest BCUT2D eigenvalue weighted by Gasteiger charge is -2.30. The summed E-state index contributed by atoms with van der Waals surface area (Å²) in [5.41, 5.74) is -0.684. The molecule has 138 valence electrons. The van der Waals surface area contributed by atoms with E-state index < -0.39 is 15.4 Å². The highest BCUT2D eigenvalue weighted by molar-refractivity contribution is 14.0. The third kappa shape index (κ3) is 10.4. The van der Waals surface area contributed by atoms with Crippen LogP contribution >= 0.6 is 24.0 Å². The number of aliphatic imine (C=N–C) groups is 1. The number of nitrogens with zero attached hydrogens (tertiary/aromatic N) is 1. The second kappa shape index (κ2) is 10.7. The third-order valence-corrected chi connectivity index (χ3v) is 4.94. The SMILES string of the molecule is CCNC(=NCC1(O)CCCCC1)NC(C)CCS(C)(=O)=O.I. The molecule has 1 aliphatic carbocycles. The quantitative estimate of drug-likeness (QED) is 0.305. The van der Waals surface area contributed by atoms with Crippen LogP contribution in [0.25, 0.3) is 0 Å². The molecule has 0 heterocycles. The van der Waals surface area contributed by atoms with Gasteiger partial charge in [-0.05, 0) is 33.1 Å². The predicted octanol–water partition coefficient (Wildman–Crippen LogP) is 1.68. The van der Waals surface area contributed by atoms with Crippen LogP contribution in [0.15, 0.2) is 4.99 Å². The van der Waals surface area contributed by atoms with Crippen LogP contribution in [0.2, 0.25) is 0 Å². The first-order chi connectivity index (χ1) is 10.2. The first kappa shape index (κ1) is 22.9. The van der Waals surface area contributed by atoms with Crippen molar-refractivity contribution in [1.29, 1.82) is 0 Å². The van der Waals surface area contributed by atoms with Crippen molar-refractivity contribution in [1.82, 2.24) is 10.6 Å². The van der Waals surface area contributed by atoms with Gasteiger partial charge in [-0.1, -0.05) is 19.3 Å². The van der Waals surface area contributed by atoms with E-state index >= 15 is 0 Å². The van der Waals surface area contributed by atoms with Gasteiger partial charge in [0.1, 0.15) is 9.84 Å². The van der Waals surface area contributed by atoms with Crippen molar-refractivity contribution >= 4 is 39.8 Å². The zero-order valence-electron chi connectivity index (χ0n) is 14.5. The summed E-state index contributed by atoms with van der Waals surface area (Å²) in [6, 6.07) is 0.00789. The summed E-state index contributed by atoms with van der Waals surface area (Å²) in [5.74, 6) is 0.798. The van der Waals surface area contributed by atoms with Crippen LogP contribution in [0.3, 0.4) is 0 Å². The molecule has 0 aromatic carbocycles. The minimum Gasteiger partial charge on any atom is -0.388 e. The minimum atomic E-state index is -2.95. The fourth-order valence-corrected chi connectivity index (χ4v) is 3.39. The molecular weight excluding hydrogens is 429 g/mol. The summed E-state index contributed by atoms with van der Waals surface area (Å²) in [6.45, 7) is 5.03. The molecular formula is C15H32IN3O3S. The van der Waals surface area contributed by atoms with Gasteiger partial charge in [0, 0.05) is 18.8 Å². The highest BCUT2D eigenvalue weighted by Gasteiger charge is 2.28. The van der Waals surface area contributed by atoms with E-state index in [1.54, 1.807) is 0 Å². The van der Waals surface area contributed by atoms with Gasteiger partial charge in [0.15, 0.2) is 5.96 Å². The van der Waals surface area contributed by atoms with Crippen LogP contribution in [0.1, 0.15) is 52.4 Å². The van der Waals surface area contributed by atoms with E-state index in [0.717, 1.165) is 32.2 Å². The van der Waals surface area contributed by atoms with Gasteiger partial charge in [-0.15, -0.1) is 24.0 Å². The molecule has 0 amide bonds. The van der Waals surface area contributed by atoms with Gasteiger partial charge in [0.05, 0.1) is 17.9 Å². The van der Waals surface area contributed by atoms with Crippen LogP contribution in [-0.4, -0.2) is 56.2 Å². The van der Waals surface area contributed by atoms with E-state index in [1.807, 2.05) is 13.8 Å². The Morgan fingerprint density at radius 1 is 1.30 bits per heavy atom. The Morgan fingerprint density at radius 3 is 2.43 bits per heavy atom. The van der Waals surface area contributed by atoms with Crippen molar-refractivity contribution < 1.29 is 13.5 Å². The van der Waals surface area contributed by atoms with E-state index in [9.17, 15) is 13.5 Å². The van der Waals surface area contributed by atoms with Crippen molar-refractivity contribution in [2.75, 3.05) is 25.1 Å². The van der Waals surface area contributed by atoms with Crippen molar-refractivity contribution in [2.45, 2.75) is 64.0 Å². The second-order valence-electron chi connectivity index (χ2n) is 6.44. The highest BCUT2D eigenvalue weighted by Crippen LogP contribution is 2.28. The highest BCUT2D eigenvalue weighted by atomic mass is 127. The van der Waals surface area contributed by atoms with Crippen molar-refractivity contribution in [3.05, 3.63) is 0 Å². The maximum atomic E-state index is 11.2. The third-order valence-electron chi connectivity index (χ3n) is 3.96. The van der Waals surface area contributed by atoms with Crippen molar-refractivity contribution in [3.63, 3.8) is 0 Å². The van der Waals surface area contributed by atoms with E-state index in [0.29, 0.717) is 18.9 Å². The number of nitrogens with one attached hydrogen (secondary N) is 2. The molecule has 23 heavy (non-hydrogen) atoms. The van der Waals surface area contributed by atoms with E-state index in [4.69, 9.17) is 0 Å². The molecule has 1 fully saturated rings. The van der Waals surface area contributed by atoms with Gasteiger partial charge < -0.3 is 15.7 Å². The summed E-state index contributed by atoms with van der Waals surface area (Å²) < 4.78 is 22.4. The standard InChI is InChI=1S/C15H31N3O3S.HI/c1-4-16-14(18-13(2)8-11-22(3,20)21)17-12-15(19)9-6-5-7-10-15;/h13,19H,4-12H2,1-3H3,(H2,16,17,18);1H. The molecule has 1 rings (SSSR count). The van der Waals surface area contributed by atoms with Gasteiger partial charge in [-0.25, -0.2) is 8.42 Å². The Balaban J connectivity index is 0.00000484. The normalized spacial score (nSPS) is 19.6. The summed E-state index contributed by atoms with van der Waals surface area (Å²) in [4.78, 5) is 4.49. The Morgan fingerprint density at radius 2 is 1.91 bits per heavy atom. The van der Waals surface area contributed by atoms with Crippen LogP contribution in [0, 0.1) is 0 Å². The summed E-state index contributed by atoms with van der Waals surface area (Å²) >= 11 is 0. The fourth-order valence-electron chi connectivity index (χ4n) is 2.61. The monoisotopic (exact) mass is 461 g/mol. The van der Waals surface area contributed by atoms with Crippen LogP contribution in [0.4, 0.5) is 0 Å². The molecule has 0 aliphatic heterocycles. The van der Waals surface area contributed by atoms with E-state index in [-0.39, 0.29) is 35.8 Å². The maximum absolute atomic E-state index is 11.2. The number of halogens is 1. The van der Waals surface area contributed by atoms with Crippen LogP contribution in [0.5, 0.6) is 0 Å². The Labute approximate surface area is 157 Å². The summed E-state index contributed by atoms with van der Waals surface area (Å²) in [5, 5.41) is 16.8. The molecule has 0 bridgehead atoms. The molecule has 1 atom stereocenters. The van der Waals surface area contributed by atoms with Gasteiger partial charge >= 0.3 is 0 Å². The zero-order chi connectivity index (χ0) is 16.6. The van der Waals surface area contributed by atoms with E-state index in [2.05, 4.69) is 15.6 Å². The van der Waals surface area contributed by atoms with Gasteiger partial charge in [0.2, 0.25) is 0 Å². The van der Waals surface area contributed by atoms with Crippen LogP contribution in [-0.2, 0) is 9.84 Å². The molecule has 1 aliphatic rings. The molecule has 0 aromatic rings. The van der Waals surface area contributed by atoms with Gasteiger partial charge in [-0.2, -0.15) is 0 Å². The molecule has 0 radical (unpaired) electrons. The van der Waals surface area contributed by atoms with Crippen LogP contribution < -0.4 is 10.6 Å². The average molecular weight is 461 g/mol. The number of aliphatic hydroxyl groups is 1. The first-order valence-electron chi connectivity index (χ1n) is 8.19. The first-order valence-corrected chi connectivity index (χ1v) is 10.2. The van der Waals surface area contributed by atoms with E-state index in [1.165, 1.54) is 12.7 Å². The molecule has 0 saturated heterocycles. The zero-order valence-corrected chi connectivity index (χ0v) is 17.6. The van der Waals surface area contributed by atoms with Crippen molar-refractivity contribution in [2.24, 2.45) is 4.99 Å². The molecule has 3 N–H and O–H groups in total. The Hall–Kier alpha value is -0.0900. The Bertz CT molecular complexity index is 463. The lowest BCUT2D eigenvalue weighted by molar-refractivity contribution is 0.0131. The average Bonchev–Trinajstić information content (AvgIpc) is 2.43. The number of sulfone groups is 1. The van der Waals surface area contributed by atoms with Crippen molar-refractivity contribution in [3.8, 4) is 0 Å². The fraction of sp³-hybridized carbons (Fsp3) is 0.933. The number of rotatable bonds is 7. The molecule has 1 saturated carbocycles. The van der Waals surface area contributed by atoms with Gasteiger partial charge in [-0.3, -0.25) is 4.99 Å². The number of hydrogen-bond donors (Lipinski definition) is 3. The second-order valence-corrected chi connectivity index (χ2v) is 8.70. The number of hydrogen-bond acceptors (Lipinski definition) is 4. The largest absolute Gasteiger partial charge is 0.388 e. The minimum absolute atomic E-state index is 0. The molecule has 8 heteroatoms. The predicted molar refractivity (Wildman–Crippen MR) is 106 cm³/mol.